The van der Waals surface area contributed by atoms with Gasteiger partial charge in [-0.05, 0) is 58.0 Å². The first kappa shape index (κ1) is 25.3. The van der Waals surface area contributed by atoms with E-state index in [0.717, 1.165) is 52.8 Å². The molecule has 0 aliphatic heterocycles. The molecule has 3 heterocycles. The van der Waals surface area contributed by atoms with Crippen LogP contribution in [0.15, 0.2) is 71.9 Å². The standard InChI is InChI=1S/C29H30FN7O/c1-4-5-7-22-18-37(27-23(19(2)3)8-6-9-26(27)30)29(38)36(22)17-20-10-12-21(13-11-20)25-16-31-15-14-24(25)28-32-34-35-33-28/h6,8-16,18-19H,4-5,7,17H2,1-3H3,(H,32,33,34,35). The average Bonchev–Trinajstić information content (AvgIpc) is 3.57. The number of halogens is 1. The van der Waals surface area contributed by atoms with Crippen molar-refractivity contribution in [2.24, 2.45) is 0 Å². The number of benzene rings is 2. The minimum Gasteiger partial charge on any atom is -0.292 e. The predicted molar refractivity (Wildman–Crippen MR) is 145 cm³/mol. The Bertz CT molecular complexity index is 1580. The van der Waals surface area contributed by atoms with Gasteiger partial charge in [0, 0.05) is 35.4 Å². The normalized spacial score (nSPS) is 11.4. The lowest BCUT2D eigenvalue weighted by atomic mass is 10.0. The Hall–Kier alpha value is -4.40. The fraction of sp³-hybridized carbons (Fsp3) is 0.276. The monoisotopic (exact) mass is 511 g/mol. The minimum absolute atomic E-state index is 0.0766. The van der Waals surface area contributed by atoms with Gasteiger partial charge >= 0.3 is 5.69 Å². The van der Waals surface area contributed by atoms with Crippen LogP contribution >= 0.6 is 0 Å². The number of rotatable bonds is 9. The summed E-state index contributed by atoms with van der Waals surface area (Å²) >= 11 is 0. The maximum atomic E-state index is 15.0. The Labute approximate surface area is 220 Å². The number of tetrazole rings is 1. The Balaban J connectivity index is 1.51. The third-order valence-corrected chi connectivity index (χ3v) is 6.76. The summed E-state index contributed by atoms with van der Waals surface area (Å²) in [5.41, 5.74) is 5.47. The van der Waals surface area contributed by atoms with E-state index >= 15 is 4.39 Å². The average molecular weight is 512 g/mol. The van der Waals surface area contributed by atoms with Crippen LogP contribution in [0.25, 0.3) is 28.2 Å². The van der Waals surface area contributed by atoms with Gasteiger partial charge < -0.3 is 0 Å². The van der Waals surface area contributed by atoms with Crippen LogP contribution in [-0.2, 0) is 13.0 Å². The topological polar surface area (TPSA) is 94.3 Å². The van der Waals surface area contributed by atoms with E-state index < -0.39 is 5.82 Å². The molecule has 5 aromatic rings. The highest BCUT2D eigenvalue weighted by molar-refractivity contribution is 5.79. The molecular formula is C29H30FN7O. The largest absolute Gasteiger partial charge is 0.333 e. The van der Waals surface area contributed by atoms with E-state index in [1.165, 1.54) is 10.6 Å². The molecule has 0 unspecified atom stereocenters. The van der Waals surface area contributed by atoms with Crippen molar-refractivity contribution < 1.29 is 4.39 Å². The van der Waals surface area contributed by atoms with Crippen LogP contribution in [0.4, 0.5) is 4.39 Å². The molecule has 0 saturated carbocycles. The summed E-state index contributed by atoms with van der Waals surface area (Å²) in [7, 11) is 0. The van der Waals surface area contributed by atoms with E-state index in [1.807, 2.05) is 56.4 Å². The van der Waals surface area contributed by atoms with Crippen LogP contribution in [0.3, 0.4) is 0 Å². The van der Waals surface area contributed by atoms with Crippen molar-refractivity contribution in [3.8, 4) is 28.2 Å². The fourth-order valence-electron chi connectivity index (χ4n) is 4.74. The molecule has 38 heavy (non-hydrogen) atoms. The van der Waals surface area contributed by atoms with E-state index in [-0.39, 0.29) is 11.6 Å². The van der Waals surface area contributed by atoms with Gasteiger partial charge in [-0.1, -0.05) is 63.6 Å². The second-order valence-electron chi connectivity index (χ2n) is 9.66. The molecule has 0 saturated heterocycles. The number of H-pyrrole nitrogens is 1. The van der Waals surface area contributed by atoms with Crippen molar-refractivity contribution in [1.82, 2.24) is 34.7 Å². The summed E-state index contributed by atoms with van der Waals surface area (Å²) in [6.45, 7) is 6.52. The number of imidazole rings is 1. The Morgan fingerprint density at radius 3 is 2.58 bits per heavy atom. The highest BCUT2D eigenvalue weighted by Crippen LogP contribution is 2.29. The molecule has 0 bridgehead atoms. The van der Waals surface area contributed by atoms with Gasteiger partial charge in [0.1, 0.15) is 5.82 Å². The molecule has 9 heteroatoms. The summed E-state index contributed by atoms with van der Waals surface area (Å²) in [6, 6.07) is 14.9. The third-order valence-electron chi connectivity index (χ3n) is 6.76. The lowest BCUT2D eigenvalue weighted by Crippen LogP contribution is -2.26. The van der Waals surface area contributed by atoms with Crippen LogP contribution < -0.4 is 5.69 Å². The quantitative estimate of drug-likeness (QED) is 0.281. The molecular weight excluding hydrogens is 481 g/mol. The van der Waals surface area contributed by atoms with Gasteiger partial charge in [0.25, 0.3) is 0 Å². The van der Waals surface area contributed by atoms with Crippen molar-refractivity contribution in [2.75, 3.05) is 0 Å². The molecule has 0 fully saturated rings. The summed E-state index contributed by atoms with van der Waals surface area (Å²) in [5.74, 6) is 0.248. The third kappa shape index (κ3) is 4.91. The SMILES string of the molecule is CCCCc1cn(-c2c(F)cccc2C(C)C)c(=O)n1Cc1ccc(-c2cnccc2-c2nnn[nH]2)cc1. The lowest BCUT2D eigenvalue weighted by molar-refractivity contribution is 0.606. The zero-order chi connectivity index (χ0) is 26.6. The number of unbranched alkanes of at least 4 members (excludes halogenated alkanes) is 1. The van der Waals surface area contributed by atoms with Crippen LogP contribution in [0.2, 0.25) is 0 Å². The van der Waals surface area contributed by atoms with Crippen LogP contribution in [0, 0.1) is 5.82 Å². The zero-order valence-corrected chi connectivity index (χ0v) is 21.7. The number of aromatic amines is 1. The number of hydrogen-bond acceptors (Lipinski definition) is 5. The highest BCUT2D eigenvalue weighted by atomic mass is 19.1. The van der Waals surface area contributed by atoms with Crippen molar-refractivity contribution >= 4 is 0 Å². The van der Waals surface area contributed by atoms with Gasteiger partial charge in [0.15, 0.2) is 5.82 Å². The maximum absolute atomic E-state index is 15.0. The molecule has 2 aromatic carbocycles. The molecule has 194 valence electrons. The van der Waals surface area contributed by atoms with Crippen molar-refractivity contribution in [3.63, 3.8) is 0 Å². The molecule has 0 radical (unpaired) electrons. The van der Waals surface area contributed by atoms with Crippen LogP contribution in [0.5, 0.6) is 0 Å². The number of aryl methyl sites for hydroxylation is 1. The zero-order valence-electron chi connectivity index (χ0n) is 21.7. The van der Waals surface area contributed by atoms with E-state index in [0.29, 0.717) is 18.1 Å². The summed E-state index contributed by atoms with van der Waals surface area (Å²) in [4.78, 5) is 17.9. The summed E-state index contributed by atoms with van der Waals surface area (Å²) < 4.78 is 18.3. The second-order valence-corrected chi connectivity index (χ2v) is 9.66. The van der Waals surface area contributed by atoms with Crippen molar-refractivity contribution in [2.45, 2.75) is 52.5 Å². The van der Waals surface area contributed by atoms with E-state index in [9.17, 15) is 4.79 Å². The van der Waals surface area contributed by atoms with E-state index in [4.69, 9.17) is 0 Å². The summed E-state index contributed by atoms with van der Waals surface area (Å²) in [5, 5.41) is 14.2. The van der Waals surface area contributed by atoms with Gasteiger partial charge in [0.2, 0.25) is 0 Å². The molecule has 0 atom stereocenters. The first-order chi connectivity index (χ1) is 18.5. The summed E-state index contributed by atoms with van der Waals surface area (Å²) in [6.07, 6.45) is 7.97. The number of para-hydroxylation sites is 1. The first-order valence-corrected chi connectivity index (χ1v) is 12.8. The first-order valence-electron chi connectivity index (χ1n) is 12.8. The Morgan fingerprint density at radius 1 is 1.05 bits per heavy atom. The van der Waals surface area contributed by atoms with Gasteiger partial charge in [-0.3, -0.25) is 14.1 Å². The molecule has 1 N–H and O–H groups in total. The number of aromatic nitrogens is 7. The van der Waals surface area contributed by atoms with Crippen LogP contribution in [0.1, 0.15) is 56.4 Å². The molecule has 3 aromatic heterocycles. The van der Waals surface area contributed by atoms with Crippen LogP contribution in [-0.4, -0.2) is 34.7 Å². The van der Waals surface area contributed by atoms with Crippen molar-refractivity contribution in [3.05, 3.63) is 100 Å². The maximum Gasteiger partial charge on any atom is 0.333 e. The smallest absolute Gasteiger partial charge is 0.292 e. The van der Waals surface area contributed by atoms with Gasteiger partial charge in [-0.15, -0.1) is 5.10 Å². The van der Waals surface area contributed by atoms with E-state index in [1.54, 1.807) is 23.0 Å². The fourth-order valence-corrected chi connectivity index (χ4v) is 4.74. The molecule has 8 nitrogen and oxygen atoms in total. The Kier molecular flexibility index (Phi) is 7.26. The molecule has 0 spiro atoms. The predicted octanol–water partition coefficient (Wildman–Crippen LogP) is 5.53. The number of nitrogens with zero attached hydrogens (tertiary/aromatic N) is 6. The molecule has 0 amide bonds. The Morgan fingerprint density at radius 2 is 1.87 bits per heavy atom. The number of pyridine rings is 1. The second kappa shape index (κ2) is 10.9. The van der Waals surface area contributed by atoms with Gasteiger partial charge in [-0.2, -0.15) is 0 Å². The minimum atomic E-state index is -0.393. The van der Waals surface area contributed by atoms with E-state index in [2.05, 4.69) is 32.5 Å². The number of nitrogens with one attached hydrogen (secondary N) is 1. The lowest BCUT2D eigenvalue weighted by Gasteiger charge is -2.13. The molecule has 0 aliphatic carbocycles. The molecule has 5 rings (SSSR count). The molecule has 0 aliphatic rings. The highest BCUT2D eigenvalue weighted by Gasteiger charge is 2.19. The number of hydrogen-bond donors (Lipinski definition) is 1. The van der Waals surface area contributed by atoms with Crippen molar-refractivity contribution in [1.29, 1.82) is 0 Å². The van der Waals surface area contributed by atoms with Gasteiger partial charge in [-0.25, -0.2) is 14.3 Å². The van der Waals surface area contributed by atoms with Gasteiger partial charge in [0.05, 0.1) is 12.2 Å².